The van der Waals surface area contributed by atoms with Crippen molar-refractivity contribution in [2.45, 2.75) is 24.7 Å². The zero-order chi connectivity index (χ0) is 25.3. The molecule has 2 atom stereocenters. The third-order valence-corrected chi connectivity index (χ3v) is 4.80. The molecule has 0 aromatic heterocycles. The molecule has 1 N–H and O–H groups in total. The van der Waals surface area contributed by atoms with E-state index in [-0.39, 0.29) is 16.8 Å². The maximum atomic E-state index is 13.6. The number of benzene rings is 2. The molecule has 2 aromatic rings. The Balaban J connectivity index is 1.91. The maximum absolute atomic E-state index is 13.6. The number of amides is 1. The lowest BCUT2D eigenvalue weighted by molar-refractivity contribution is -0.212. The van der Waals surface area contributed by atoms with E-state index in [0.29, 0.717) is 11.0 Å². The van der Waals surface area contributed by atoms with Crippen LogP contribution in [0.2, 0.25) is 0 Å². The number of carbonyl (C=O) groups is 1. The van der Waals surface area contributed by atoms with Crippen molar-refractivity contribution in [2.75, 3.05) is 16.8 Å². The molecular weight excluding hydrogens is 468 g/mol. The number of hydrogen-bond donors (Lipinski definition) is 1. The molecule has 1 saturated heterocycles. The molecule has 0 aliphatic carbocycles. The standard InChI is InChI=1S/C21H11F6N5O2/c22-20(23,24)16-6-15(4-2-12(16)8-29)32-10-17(34-19(32)21(25,26)27)18(33)31-14-3-1-11(7-28)13(5-14)9-30/h1-6,17,19H,10H2,(H,31,33)/t17-,19+/m0/s1. The van der Waals surface area contributed by atoms with Crippen LogP contribution in [0.1, 0.15) is 22.3 Å². The third-order valence-electron chi connectivity index (χ3n) is 4.80. The number of nitrogens with one attached hydrogen (secondary N) is 1. The van der Waals surface area contributed by atoms with Gasteiger partial charge in [-0.25, -0.2) is 0 Å². The quantitative estimate of drug-likeness (QED) is 0.665. The topological polar surface area (TPSA) is 113 Å². The van der Waals surface area contributed by atoms with E-state index in [4.69, 9.17) is 20.5 Å². The van der Waals surface area contributed by atoms with Gasteiger partial charge in [0.25, 0.3) is 5.91 Å². The summed E-state index contributed by atoms with van der Waals surface area (Å²) in [4.78, 5) is 13.0. The predicted molar refractivity (Wildman–Crippen MR) is 103 cm³/mol. The number of alkyl halides is 6. The number of nitrogens with zero attached hydrogens (tertiary/aromatic N) is 4. The first-order valence-electron chi connectivity index (χ1n) is 9.24. The summed E-state index contributed by atoms with van der Waals surface area (Å²) in [5.41, 5.74) is -2.81. The van der Waals surface area contributed by atoms with Gasteiger partial charge in [0, 0.05) is 11.4 Å². The van der Waals surface area contributed by atoms with E-state index in [2.05, 4.69) is 5.32 Å². The van der Waals surface area contributed by atoms with Crippen LogP contribution in [0.15, 0.2) is 36.4 Å². The van der Waals surface area contributed by atoms with Crippen molar-refractivity contribution in [1.82, 2.24) is 0 Å². The third kappa shape index (κ3) is 4.87. The number of anilines is 2. The monoisotopic (exact) mass is 479 g/mol. The highest BCUT2D eigenvalue weighted by Gasteiger charge is 2.52. The Bertz CT molecular complexity index is 1250. The van der Waals surface area contributed by atoms with Gasteiger partial charge in [-0.1, -0.05) is 0 Å². The van der Waals surface area contributed by atoms with Crippen LogP contribution >= 0.6 is 0 Å². The van der Waals surface area contributed by atoms with Crippen molar-refractivity contribution >= 4 is 17.3 Å². The Kier molecular flexibility index (Phi) is 6.40. The predicted octanol–water partition coefficient (Wildman–Crippen LogP) is 4.05. The summed E-state index contributed by atoms with van der Waals surface area (Å²) in [6, 6.07) is 10.5. The first-order valence-corrected chi connectivity index (χ1v) is 9.24. The van der Waals surface area contributed by atoms with Gasteiger partial charge < -0.3 is 15.0 Å². The van der Waals surface area contributed by atoms with Gasteiger partial charge in [-0.3, -0.25) is 4.79 Å². The number of carbonyl (C=O) groups excluding carboxylic acids is 1. The molecule has 13 heteroatoms. The van der Waals surface area contributed by atoms with E-state index in [1.54, 1.807) is 12.1 Å². The largest absolute Gasteiger partial charge is 0.433 e. The van der Waals surface area contributed by atoms with Gasteiger partial charge in [0.1, 0.15) is 12.1 Å². The lowest BCUT2D eigenvalue weighted by Crippen LogP contribution is -2.42. The summed E-state index contributed by atoms with van der Waals surface area (Å²) in [5, 5.41) is 29.1. The summed E-state index contributed by atoms with van der Waals surface area (Å²) in [6.07, 6.45) is -14.5. The number of rotatable bonds is 3. The van der Waals surface area contributed by atoms with Crippen LogP contribution < -0.4 is 10.2 Å². The van der Waals surface area contributed by atoms with Crippen LogP contribution in [0.4, 0.5) is 37.7 Å². The lowest BCUT2D eigenvalue weighted by atomic mass is 10.1. The Morgan fingerprint density at radius 1 is 0.941 bits per heavy atom. The van der Waals surface area contributed by atoms with Crippen molar-refractivity contribution < 1.29 is 35.9 Å². The van der Waals surface area contributed by atoms with Crippen LogP contribution in [0.25, 0.3) is 0 Å². The molecule has 1 aliphatic heterocycles. The minimum absolute atomic E-state index is 0.00360. The molecule has 0 saturated carbocycles. The van der Waals surface area contributed by atoms with E-state index in [1.807, 2.05) is 0 Å². The molecule has 1 amide bonds. The minimum Gasteiger partial charge on any atom is -0.335 e. The van der Waals surface area contributed by atoms with Gasteiger partial charge >= 0.3 is 12.4 Å². The Morgan fingerprint density at radius 2 is 1.56 bits per heavy atom. The fraction of sp³-hybridized carbons (Fsp3) is 0.238. The van der Waals surface area contributed by atoms with E-state index in [1.165, 1.54) is 18.2 Å². The first kappa shape index (κ1) is 24.4. The molecule has 7 nitrogen and oxygen atoms in total. The van der Waals surface area contributed by atoms with Crippen molar-refractivity contribution in [3.05, 3.63) is 58.7 Å². The number of ether oxygens (including phenoxy) is 1. The summed E-state index contributed by atoms with van der Waals surface area (Å²) in [7, 11) is 0. The molecule has 1 fully saturated rings. The van der Waals surface area contributed by atoms with Crippen molar-refractivity contribution in [3.8, 4) is 18.2 Å². The molecule has 0 bridgehead atoms. The number of halogens is 6. The molecule has 174 valence electrons. The van der Waals surface area contributed by atoms with Gasteiger partial charge in [0.15, 0.2) is 6.10 Å². The molecular formula is C21H11F6N5O2. The van der Waals surface area contributed by atoms with Crippen LogP contribution in [-0.4, -0.2) is 31.0 Å². The zero-order valence-electron chi connectivity index (χ0n) is 16.7. The SMILES string of the molecule is N#Cc1ccc(NC(=O)[C@@H]2CN(c3ccc(C#N)c(C(F)(F)F)c3)[C@@H](C(F)(F)F)O2)cc1C#N. The van der Waals surface area contributed by atoms with Gasteiger partial charge in [-0.15, -0.1) is 0 Å². The Labute approximate surface area is 188 Å². The maximum Gasteiger partial charge on any atom is 0.433 e. The number of nitriles is 3. The fourth-order valence-electron chi connectivity index (χ4n) is 3.26. The van der Waals surface area contributed by atoms with Crippen molar-refractivity contribution in [1.29, 1.82) is 15.8 Å². The van der Waals surface area contributed by atoms with E-state index in [0.717, 1.165) is 18.2 Å². The summed E-state index contributed by atoms with van der Waals surface area (Å²) >= 11 is 0. The zero-order valence-corrected chi connectivity index (χ0v) is 16.7. The molecule has 34 heavy (non-hydrogen) atoms. The highest BCUT2D eigenvalue weighted by molar-refractivity contribution is 5.95. The molecule has 1 heterocycles. The van der Waals surface area contributed by atoms with Crippen LogP contribution in [-0.2, 0) is 15.7 Å². The highest BCUT2D eigenvalue weighted by atomic mass is 19.4. The van der Waals surface area contributed by atoms with Crippen molar-refractivity contribution in [2.24, 2.45) is 0 Å². The van der Waals surface area contributed by atoms with E-state index in [9.17, 15) is 31.1 Å². The summed E-state index contributed by atoms with van der Waals surface area (Å²) < 4.78 is 85.4. The number of hydrogen-bond acceptors (Lipinski definition) is 6. The Morgan fingerprint density at radius 3 is 2.12 bits per heavy atom. The van der Waals surface area contributed by atoms with Crippen molar-refractivity contribution in [3.63, 3.8) is 0 Å². The van der Waals surface area contributed by atoms with Gasteiger partial charge in [-0.05, 0) is 36.4 Å². The summed E-state index contributed by atoms with van der Waals surface area (Å²) in [5.74, 6) is -1.05. The second-order valence-corrected chi connectivity index (χ2v) is 6.98. The smallest absolute Gasteiger partial charge is 0.335 e. The second kappa shape index (κ2) is 8.93. The van der Waals surface area contributed by atoms with Crippen LogP contribution in [0.5, 0.6) is 0 Å². The van der Waals surface area contributed by atoms with Gasteiger partial charge in [0.2, 0.25) is 6.23 Å². The van der Waals surface area contributed by atoms with E-state index >= 15 is 0 Å². The normalized spacial score (nSPS) is 18.0. The first-order chi connectivity index (χ1) is 15.9. The molecule has 1 aliphatic rings. The Hall–Kier alpha value is -4.28. The summed E-state index contributed by atoms with van der Waals surface area (Å²) in [6.45, 7) is -0.749. The van der Waals surface area contributed by atoms with Gasteiger partial charge in [-0.2, -0.15) is 42.1 Å². The van der Waals surface area contributed by atoms with E-state index < -0.39 is 54.0 Å². The molecule has 0 spiro atoms. The second-order valence-electron chi connectivity index (χ2n) is 6.98. The molecule has 3 rings (SSSR count). The highest BCUT2D eigenvalue weighted by Crippen LogP contribution is 2.39. The average molecular weight is 479 g/mol. The minimum atomic E-state index is -5.07. The lowest BCUT2D eigenvalue weighted by Gasteiger charge is -2.27. The van der Waals surface area contributed by atoms with Crippen LogP contribution in [0.3, 0.4) is 0 Å². The fourth-order valence-corrected chi connectivity index (χ4v) is 3.26. The van der Waals surface area contributed by atoms with Crippen LogP contribution in [0, 0.1) is 34.0 Å². The molecule has 2 aromatic carbocycles. The van der Waals surface area contributed by atoms with Gasteiger partial charge in [0.05, 0.1) is 34.9 Å². The molecule has 0 radical (unpaired) electrons. The average Bonchev–Trinajstić information content (AvgIpc) is 3.24. The molecule has 0 unspecified atom stereocenters.